The van der Waals surface area contributed by atoms with E-state index in [4.69, 9.17) is 10.4 Å². The molecule has 0 atom stereocenters. The van der Waals surface area contributed by atoms with Gasteiger partial charge in [-0.15, -0.1) is 0 Å². The van der Waals surface area contributed by atoms with Crippen LogP contribution in [0.3, 0.4) is 0 Å². The second-order valence-electron chi connectivity index (χ2n) is 3.30. The van der Waals surface area contributed by atoms with Crippen LogP contribution in [-0.2, 0) is 12.3 Å². The van der Waals surface area contributed by atoms with Crippen molar-refractivity contribution in [1.82, 2.24) is 4.98 Å². The van der Waals surface area contributed by atoms with Crippen LogP contribution in [0.5, 0.6) is 11.8 Å². The first-order valence-electron chi connectivity index (χ1n) is 4.20. The van der Waals surface area contributed by atoms with Crippen molar-refractivity contribution in [1.29, 1.82) is 5.26 Å². The Labute approximate surface area is 83.4 Å². The molecule has 0 saturated carbocycles. The summed E-state index contributed by atoms with van der Waals surface area (Å²) in [5.41, 5.74) is -1.19. The zero-order valence-electron chi connectivity index (χ0n) is 7.46. The molecule has 1 aromatic rings. The molecule has 1 aliphatic carbocycles. The van der Waals surface area contributed by atoms with Gasteiger partial charge in [0.15, 0.2) is 0 Å². The standard InChI is InChI=1S/C9H6F2N2O2/c10-9(11)2-1-4-6(9)5(3-12)8(15)13-7(4)14/h1-2H2,(H2,13,14,15). The molecule has 0 unspecified atom stereocenters. The third-order valence-corrected chi connectivity index (χ3v) is 2.42. The molecule has 0 bridgehead atoms. The van der Waals surface area contributed by atoms with Crippen molar-refractivity contribution in [3.8, 4) is 17.8 Å². The van der Waals surface area contributed by atoms with Gasteiger partial charge in [-0.25, -0.2) is 8.78 Å². The van der Waals surface area contributed by atoms with E-state index in [1.54, 1.807) is 0 Å². The molecule has 0 amide bonds. The minimum absolute atomic E-state index is 0.0455. The Morgan fingerprint density at radius 2 is 2.00 bits per heavy atom. The molecule has 0 aromatic carbocycles. The molecule has 1 aliphatic rings. The van der Waals surface area contributed by atoms with Crippen LogP contribution >= 0.6 is 0 Å². The van der Waals surface area contributed by atoms with Crippen LogP contribution < -0.4 is 0 Å². The van der Waals surface area contributed by atoms with E-state index in [-0.39, 0.29) is 12.0 Å². The summed E-state index contributed by atoms with van der Waals surface area (Å²) in [6, 6.07) is 1.47. The lowest BCUT2D eigenvalue weighted by molar-refractivity contribution is -0.00235. The summed E-state index contributed by atoms with van der Waals surface area (Å²) in [5, 5.41) is 27.1. The average molecular weight is 212 g/mol. The Balaban J connectivity index is 2.82. The van der Waals surface area contributed by atoms with Crippen LogP contribution in [0.15, 0.2) is 0 Å². The van der Waals surface area contributed by atoms with Gasteiger partial charge in [-0.3, -0.25) is 0 Å². The maximum absolute atomic E-state index is 13.3. The number of nitriles is 1. The summed E-state index contributed by atoms with van der Waals surface area (Å²) < 4.78 is 26.7. The van der Waals surface area contributed by atoms with E-state index in [1.165, 1.54) is 6.07 Å². The van der Waals surface area contributed by atoms with E-state index in [2.05, 4.69) is 4.98 Å². The van der Waals surface area contributed by atoms with Crippen LogP contribution in [-0.4, -0.2) is 15.2 Å². The van der Waals surface area contributed by atoms with Crippen LogP contribution in [0, 0.1) is 11.3 Å². The summed E-state index contributed by atoms with van der Waals surface area (Å²) in [4.78, 5) is 3.24. The predicted molar refractivity (Wildman–Crippen MR) is 44.5 cm³/mol. The average Bonchev–Trinajstić information content (AvgIpc) is 2.44. The van der Waals surface area contributed by atoms with E-state index in [9.17, 15) is 13.9 Å². The summed E-state index contributed by atoms with van der Waals surface area (Å²) >= 11 is 0. The molecule has 0 fully saturated rings. The molecule has 6 heteroatoms. The Kier molecular flexibility index (Phi) is 1.80. The fourth-order valence-corrected chi connectivity index (χ4v) is 1.75. The highest BCUT2D eigenvalue weighted by Gasteiger charge is 2.44. The molecule has 2 rings (SSSR count). The SMILES string of the molecule is N#Cc1c(O)nc(O)c2c1C(F)(F)CC2. The zero-order valence-corrected chi connectivity index (χ0v) is 7.46. The molecule has 15 heavy (non-hydrogen) atoms. The predicted octanol–water partition coefficient (Wildman–Crippen LogP) is 1.40. The minimum Gasteiger partial charge on any atom is -0.493 e. The number of rotatable bonds is 0. The van der Waals surface area contributed by atoms with Crippen LogP contribution in [0.2, 0.25) is 0 Å². The number of halogens is 2. The molecule has 1 heterocycles. The van der Waals surface area contributed by atoms with E-state index in [1.807, 2.05) is 0 Å². The largest absolute Gasteiger partial charge is 0.493 e. The number of pyridine rings is 1. The van der Waals surface area contributed by atoms with E-state index in [0.717, 1.165) is 0 Å². The van der Waals surface area contributed by atoms with Crippen molar-refractivity contribution in [2.24, 2.45) is 0 Å². The molecule has 0 spiro atoms. The lowest BCUT2D eigenvalue weighted by Crippen LogP contribution is -2.10. The lowest BCUT2D eigenvalue weighted by atomic mass is 10.0. The van der Waals surface area contributed by atoms with Crippen molar-refractivity contribution in [3.63, 3.8) is 0 Å². The van der Waals surface area contributed by atoms with Gasteiger partial charge in [0, 0.05) is 12.0 Å². The van der Waals surface area contributed by atoms with Gasteiger partial charge >= 0.3 is 0 Å². The van der Waals surface area contributed by atoms with Gasteiger partial charge in [-0.2, -0.15) is 10.2 Å². The maximum atomic E-state index is 13.3. The lowest BCUT2D eigenvalue weighted by Gasteiger charge is -2.12. The highest BCUT2D eigenvalue weighted by molar-refractivity contribution is 5.55. The van der Waals surface area contributed by atoms with Crippen molar-refractivity contribution < 1.29 is 19.0 Å². The van der Waals surface area contributed by atoms with Crippen LogP contribution in [0.1, 0.15) is 23.1 Å². The number of alkyl halides is 2. The third-order valence-electron chi connectivity index (χ3n) is 2.42. The second kappa shape index (κ2) is 2.79. The first kappa shape index (κ1) is 9.65. The number of hydrogen-bond donors (Lipinski definition) is 2. The molecular formula is C9H6F2N2O2. The third kappa shape index (κ3) is 1.20. The normalized spacial score (nSPS) is 17.1. The van der Waals surface area contributed by atoms with Crippen molar-refractivity contribution in [2.75, 3.05) is 0 Å². The Morgan fingerprint density at radius 1 is 1.33 bits per heavy atom. The first-order valence-corrected chi connectivity index (χ1v) is 4.20. The highest BCUT2D eigenvalue weighted by atomic mass is 19.3. The quantitative estimate of drug-likeness (QED) is 0.681. The van der Waals surface area contributed by atoms with Gasteiger partial charge in [-0.1, -0.05) is 0 Å². The second-order valence-corrected chi connectivity index (χ2v) is 3.30. The Morgan fingerprint density at radius 3 is 2.60 bits per heavy atom. The number of hydrogen-bond acceptors (Lipinski definition) is 4. The fourth-order valence-electron chi connectivity index (χ4n) is 1.75. The molecule has 0 aliphatic heterocycles. The van der Waals surface area contributed by atoms with Gasteiger partial charge in [0.25, 0.3) is 5.92 Å². The van der Waals surface area contributed by atoms with Gasteiger partial charge in [-0.05, 0) is 6.42 Å². The highest BCUT2D eigenvalue weighted by Crippen LogP contribution is 2.47. The fraction of sp³-hybridized carbons (Fsp3) is 0.333. The van der Waals surface area contributed by atoms with Gasteiger partial charge < -0.3 is 10.2 Å². The van der Waals surface area contributed by atoms with Crippen LogP contribution in [0.4, 0.5) is 8.78 Å². The van der Waals surface area contributed by atoms with Gasteiger partial charge in [0.1, 0.15) is 11.6 Å². The minimum atomic E-state index is -3.18. The molecular weight excluding hydrogens is 206 g/mol. The first-order chi connectivity index (χ1) is 6.97. The molecule has 2 N–H and O–H groups in total. The summed E-state index contributed by atoms with van der Waals surface area (Å²) in [7, 11) is 0. The summed E-state index contributed by atoms with van der Waals surface area (Å²) in [6.07, 6.45) is -0.522. The molecule has 4 nitrogen and oxygen atoms in total. The van der Waals surface area contributed by atoms with Crippen molar-refractivity contribution in [3.05, 3.63) is 16.7 Å². The van der Waals surface area contributed by atoms with E-state index < -0.39 is 35.2 Å². The Hall–Kier alpha value is -1.90. The van der Waals surface area contributed by atoms with Crippen molar-refractivity contribution >= 4 is 0 Å². The number of aromatic hydroxyl groups is 2. The molecule has 78 valence electrons. The number of fused-ring (bicyclic) bond motifs is 1. The van der Waals surface area contributed by atoms with Crippen molar-refractivity contribution in [2.45, 2.75) is 18.8 Å². The van der Waals surface area contributed by atoms with Gasteiger partial charge in [0.2, 0.25) is 11.8 Å². The van der Waals surface area contributed by atoms with Gasteiger partial charge in [0.05, 0.1) is 5.56 Å². The zero-order chi connectivity index (χ0) is 11.2. The number of nitrogens with zero attached hydrogens (tertiary/aromatic N) is 2. The Bertz CT molecular complexity index is 480. The summed E-state index contributed by atoms with van der Waals surface area (Å²) in [6.45, 7) is 0. The molecule has 1 aromatic heterocycles. The monoisotopic (exact) mass is 212 g/mol. The number of aromatic nitrogens is 1. The summed E-state index contributed by atoms with van der Waals surface area (Å²) in [5.74, 6) is -4.66. The maximum Gasteiger partial charge on any atom is 0.275 e. The topological polar surface area (TPSA) is 77.1 Å². The molecule has 0 saturated heterocycles. The van der Waals surface area contributed by atoms with E-state index in [0.29, 0.717) is 0 Å². The van der Waals surface area contributed by atoms with Crippen LogP contribution in [0.25, 0.3) is 0 Å². The van der Waals surface area contributed by atoms with E-state index >= 15 is 0 Å². The molecule has 0 radical (unpaired) electrons. The smallest absolute Gasteiger partial charge is 0.275 e.